The quantitative estimate of drug-likeness (QED) is 0.353. The van der Waals surface area contributed by atoms with Gasteiger partial charge in [-0.05, 0) is 0 Å². The summed E-state index contributed by atoms with van der Waals surface area (Å²) in [5, 5.41) is 0. The van der Waals surface area contributed by atoms with E-state index in [-0.39, 0.29) is 6.61 Å². The van der Waals surface area contributed by atoms with Crippen molar-refractivity contribution in [1.82, 2.24) is 0 Å². The van der Waals surface area contributed by atoms with E-state index in [9.17, 15) is 13.3 Å². The van der Waals surface area contributed by atoms with Gasteiger partial charge < -0.3 is 28.7 Å². The molecule has 1 saturated heterocycles. The maximum Gasteiger partial charge on any atom is 0.394 e. The lowest BCUT2D eigenvalue weighted by molar-refractivity contribution is -0.0685. The van der Waals surface area contributed by atoms with Crippen LogP contribution >= 0.6 is 7.60 Å². The SMILES string of the molecule is B[C@@H]1O[C@H](CC(F)(F)P(=O)(O)O)[C@@H](OC)[C@H]1OCCOC. The molecule has 0 spiro atoms. The fourth-order valence-corrected chi connectivity index (χ4v) is 2.64. The lowest BCUT2D eigenvalue weighted by Gasteiger charge is -2.25. The Labute approximate surface area is 122 Å². The van der Waals surface area contributed by atoms with Gasteiger partial charge in [0.15, 0.2) is 0 Å². The highest BCUT2D eigenvalue weighted by atomic mass is 31.2. The molecule has 1 rings (SSSR count). The molecular formula is C10H20BF2O7P. The second kappa shape index (κ2) is 7.46. The molecule has 0 bridgehead atoms. The second-order valence-corrected chi connectivity index (χ2v) is 6.56. The Kier molecular flexibility index (Phi) is 6.73. The van der Waals surface area contributed by atoms with Crippen LogP contribution in [0.4, 0.5) is 8.78 Å². The molecule has 1 aliphatic heterocycles. The molecule has 4 atom stereocenters. The molecule has 1 heterocycles. The first-order valence-electron chi connectivity index (χ1n) is 6.36. The summed E-state index contributed by atoms with van der Waals surface area (Å²) in [5.74, 6) is 0. The van der Waals surface area contributed by atoms with Crippen LogP contribution in [0, 0.1) is 0 Å². The Balaban J connectivity index is 2.74. The fraction of sp³-hybridized carbons (Fsp3) is 1.00. The minimum atomic E-state index is -5.55. The molecule has 124 valence electrons. The van der Waals surface area contributed by atoms with Gasteiger partial charge in [-0.1, -0.05) is 0 Å². The monoisotopic (exact) mass is 332 g/mol. The van der Waals surface area contributed by atoms with Gasteiger partial charge in [0.25, 0.3) is 0 Å². The van der Waals surface area contributed by atoms with Crippen LogP contribution in [-0.4, -0.2) is 75.0 Å². The minimum absolute atomic E-state index is 0.232. The van der Waals surface area contributed by atoms with Crippen LogP contribution in [0.5, 0.6) is 0 Å². The van der Waals surface area contributed by atoms with Gasteiger partial charge in [0.05, 0.1) is 31.7 Å². The van der Waals surface area contributed by atoms with Crippen molar-refractivity contribution in [3.63, 3.8) is 0 Å². The predicted octanol–water partition coefficient (Wildman–Crippen LogP) is -0.448. The molecule has 0 amide bonds. The summed E-state index contributed by atoms with van der Waals surface area (Å²) < 4.78 is 58.5. The maximum atomic E-state index is 13.5. The highest BCUT2D eigenvalue weighted by Crippen LogP contribution is 2.56. The summed E-state index contributed by atoms with van der Waals surface area (Å²) in [6.07, 6.45) is -3.75. The number of ether oxygens (including phenoxy) is 4. The Morgan fingerprint density at radius 2 is 1.90 bits per heavy atom. The fourth-order valence-electron chi connectivity index (χ4n) is 2.22. The van der Waals surface area contributed by atoms with Crippen LogP contribution in [0.3, 0.4) is 0 Å². The lowest BCUT2D eigenvalue weighted by atomic mass is 9.92. The first-order chi connectivity index (χ1) is 9.64. The molecule has 1 fully saturated rings. The van der Waals surface area contributed by atoms with E-state index in [1.165, 1.54) is 14.2 Å². The number of methoxy groups -OCH3 is 2. The zero-order chi connectivity index (χ0) is 16.3. The van der Waals surface area contributed by atoms with Crippen molar-refractivity contribution in [2.75, 3.05) is 27.4 Å². The van der Waals surface area contributed by atoms with Gasteiger partial charge in [0, 0.05) is 14.2 Å². The highest BCUT2D eigenvalue weighted by Gasteiger charge is 2.55. The zero-order valence-corrected chi connectivity index (χ0v) is 13.0. The molecule has 0 aliphatic carbocycles. The Bertz CT molecular complexity index is 380. The standard InChI is InChI=1S/C10H20BF2O7P/c1-17-3-4-19-8-7(18-2)6(20-9(8)11)5-10(12,13)21(14,15)16/h6-9H,3-5,11H2,1-2H3,(H2,14,15,16)/t6-,7-,8-,9-/m1/s1. The van der Waals surface area contributed by atoms with E-state index in [2.05, 4.69) is 0 Å². The average Bonchev–Trinajstić information content (AvgIpc) is 2.63. The molecule has 0 unspecified atom stereocenters. The van der Waals surface area contributed by atoms with Gasteiger partial charge in [0.2, 0.25) is 0 Å². The third-order valence-electron chi connectivity index (χ3n) is 3.29. The van der Waals surface area contributed by atoms with Crippen LogP contribution in [-0.2, 0) is 23.5 Å². The van der Waals surface area contributed by atoms with Crippen LogP contribution in [0.15, 0.2) is 0 Å². The molecule has 1 aliphatic rings. The van der Waals surface area contributed by atoms with Gasteiger partial charge in [-0.25, -0.2) is 0 Å². The topological polar surface area (TPSA) is 94.5 Å². The molecule has 0 radical (unpaired) electrons. The molecule has 11 heteroatoms. The number of hydrogen-bond donors (Lipinski definition) is 2. The highest BCUT2D eigenvalue weighted by molar-refractivity contribution is 7.53. The molecular weight excluding hydrogens is 312 g/mol. The van der Waals surface area contributed by atoms with Crippen molar-refractivity contribution in [1.29, 1.82) is 0 Å². The van der Waals surface area contributed by atoms with Gasteiger partial charge in [-0.15, -0.1) is 0 Å². The van der Waals surface area contributed by atoms with E-state index in [0.29, 0.717) is 6.61 Å². The molecule has 7 nitrogen and oxygen atoms in total. The summed E-state index contributed by atoms with van der Waals surface area (Å²) in [6.45, 7) is 0.555. The average molecular weight is 332 g/mol. The van der Waals surface area contributed by atoms with Crippen molar-refractivity contribution in [2.24, 2.45) is 0 Å². The van der Waals surface area contributed by atoms with Crippen molar-refractivity contribution in [3.8, 4) is 0 Å². The van der Waals surface area contributed by atoms with Crippen LogP contribution in [0.25, 0.3) is 0 Å². The third-order valence-corrected chi connectivity index (χ3v) is 4.32. The van der Waals surface area contributed by atoms with Crippen LogP contribution in [0.1, 0.15) is 6.42 Å². The molecule has 0 saturated carbocycles. The molecule has 0 aromatic carbocycles. The summed E-state index contributed by atoms with van der Waals surface area (Å²) in [4.78, 5) is 17.4. The van der Waals surface area contributed by atoms with Crippen LogP contribution in [0.2, 0.25) is 0 Å². The first-order valence-corrected chi connectivity index (χ1v) is 7.97. The molecule has 0 aromatic rings. The zero-order valence-electron chi connectivity index (χ0n) is 12.1. The van der Waals surface area contributed by atoms with E-state index >= 15 is 0 Å². The van der Waals surface area contributed by atoms with Gasteiger partial charge in [-0.2, -0.15) is 8.78 Å². The summed E-state index contributed by atoms with van der Waals surface area (Å²) >= 11 is 0. The first kappa shape index (κ1) is 19.0. The number of alkyl halides is 2. The number of rotatable bonds is 8. The van der Waals surface area contributed by atoms with E-state index in [1.807, 2.05) is 0 Å². The lowest BCUT2D eigenvalue weighted by Crippen LogP contribution is -2.39. The smallest absolute Gasteiger partial charge is 0.382 e. The summed E-state index contributed by atoms with van der Waals surface area (Å²) in [6, 6.07) is -0.538. The molecule has 0 aromatic heterocycles. The second-order valence-electron chi connectivity index (χ2n) is 4.82. The van der Waals surface area contributed by atoms with E-state index < -0.39 is 44.0 Å². The Morgan fingerprint density at radius 3 is 2.38 bits per heavy atom. The Morgan fingerprint density at radius 1 is 1.29 bits per heavy atom. The van der Waals surface area contributed by atoms with E-state index in [0.717, 1.165) is 0 Å². The number of halogens is 2. The normalized spacial score (nSPS) is 30.8. The van der Waals surface area contributed by atoms with Gasteiger partial charge >= 0.3 is 13.3 Å². The van der Waals surface area contributed by atoms with E-state index in [4.69, 9.17) is 28.7 Å². The maximum absolute atomic E-state index is 13.5. The van der Waals surface area contributed by atoms with Crippen molar-refractivity contribution in [2.45, 2.75) is 36.4 Å². The number of hydrogen-bond acceptors (Lipinski definition) is 5. The summed E-state index contributed by atoms with van der Waals surface area (Å²) in [7, 11) is -1.13. The molecule has 2 N–H and O–H groups in total. The van der Waals surface area contributed by atoms with Crippen molar-refractivity contribution in [3.05, 3.63) is 0 Å². The third kappa shape index (κ3) is 4.69. The Hall–Kier alpha value is -0.0851. The molecule has 21 heavy (non-hydrogen) atoms. The van der Waals surface area contributed by atoms with Gasteiger partial charge in [-0.3, -0.25) is 4.57 Å². The van der Waals surface area contributed by atoms with E-state index in [1.54, 1.807) is 7.85 Å². The summed E-state index contributed by atoms with van der Waals surface area (Å²) in [5.41, 5.74) is -4.17. The van der Waals surface area contributed by atoms with Crippen molar-refractivity contribution < 1.29 is 42.1 Å². The van der Waals surface area contributed by atoms with Gasteiger partial charge in [0.1, 0.15) is 20.1 Å². The van der Waals surface area contributed by atoms with Crippen LogP contribution < -0.4 is 0 Å². The van der Waals surface area contributed by atoms with Crippen molar-refractivity contribution >= 4 is 15.4 Å². The largest absolute Gasteiger partial charge is 0.394 e. The predicted molar refractivity (Wildman–Crippen MR) is 71.2 cm³/mol. The minimum Gasteiger partial charge on any atom is -0.382 e.